The van der Waals surface area contributed by atoms with Crippen molar-refractivity contribution in [1.82, 2.24) is 19.7 Å². The third-order valence-corrected chi connectivity index (χ3v) is 3.03. The van der Waals surface area contributed by atoms with Crippen molar-refractivity contribution in [3.63, 3.8) is 0 Å². The van der Waals surface area contributed by atoms with Gasteiger partial charge in [0.15, 0.2) is 0 Å². The quantitative estimate of drug-likeness (QED) is 0.897. The predicted molar refractivity (Wildman–Crippen MR) is 68.7 cm³/mol. The number of aromatic nitrogens is 3. The van der Waals surface area contributed by atoms with Crippen molar-refractivity contribution in [2.24, 2.45) is 7.05 Å². The molecule has 0 aliphatic heterocycles. The Balaban J connectivity index is 2.04. The molecule has 5 nitrogen and oxygen atoms in total. The summed E-state index contributed by atoms with van der Waals surface area (Å²) >= 11 is 0. The minimum atomic E-state index is -1.24. The first kappa shape index (κ1) is 14.5. The molecule has 1 N–H and O–H groups in total. The van der Waals surface area contributed by atoms with Gasteiger partial charge in [0.25, 0.3) is 0 Å². The molecule has 0 saturated carbocycles. The SMILES string of the molecule is CN(Cc1ncnn1C)CC(O)c1c(F)cccc1F. The van der Waals surface area contributed by atoms with Crippen LogP contribution in [0.2, 0.25) is 0 Å². The maximum absolute atomic E-state index is 13.5. The minimum absolute atomic E-state index is 0.0880. The van der Waals surface area contributed by atoms with Gasteiger partial charge in [-0.25, -0.2) is 13.8 Å². The number of likely N-dealkylation sites (N-methyl/N-ethyl adjacent to an activating group) is 1. The highest BCUT2D eigenvalue weighted by Crippen LogP contribution is 2.21. The number of hydrogen-bond acceptors (Lipinski definition) is 4. The van der Waals surface area contributed by atoms with Crippen LogP contribution in [-0.4, -0.2) is 38.4 Å². The molecule has 7 heteroatoms. The summed E-state index contributed by atoms with van der Waals surface area (Å²) in [5, 5.41) is 13.9. The lowest BCUT2D eigenvalue weighted by molar-refractivity contribution is 0.115. The largest absolute Gasteiger partial charge is 0.387 e. The molecule has 2 aromatic rings. The van der Waals surface area contributed by atoms with Gasteiger partial charge in [-0.2, -0.15) is 5.10 Å². The number of aliphatic hydroxyl groups excluding tert-OH is 1. The highest BCUT2D eigenvalue weighted by molar-refractivity contribution is 5.22. The molecule has 0 aliphatic carbocycles. The monoisotopic (exact) mass is 282 g/mol. The predicted octanol–water partition coefficient (Wildman–Crippen LogP) is 1.26. The van der Waals surface area contributed by atoms with Crippen LogP contribution in [0.15, 0.2) is 24.5 Å². The summed E-state index contributed by atoms with van der Waals surface area (Å²) in [7, 11) is 3.49. The van der Waals surface area contributed by atoms with Crippen molar-refractivity contribution in [1.29, 1.82) is 0 Å². The van der Waals surface area contributed by atoms with E-state index in [-0.39, 0.29) is 12.1 Å². The second-order valence-corrected chi connectivity index (χ2v) is 4.65. The molecule has 0 saturated heterocycles. The third kappa shape index (κ3) is 3.17. The maximum Gasteiger partial charge on any atom is 0.140 e. The van der Waals surface area contributed by atoms with E-state index in [2.05, 4.69) is 10.1 Å². The number of aliphatic hydroxyl groups is 1. The van der Waals surface area contributed by atoms with E-state index < -0.39 is 17.7 Å². The van der Waals surface area contributed by atoms with Gasteiger partial charge in [0, 0.05) is 13.6 Å². The van der Waals surface area contributed by atoms with Gasteiger partial charge in [-0.05, 0) is 19.2 Å². The number of halogens is 2. The zero-order valence-corrected chi connectivity index (χ0v) is 11.3. The van der Waals surface area contributed by atoms with E-state index in [1.165, 1.54) is 12.4 Å². The van der Waals surface area contributed by atoms with E-state index in [0.29, 0.717) is 12.4 Å². The Hall–Kier alpha value is -1.86. The van der Waals surface area contributed by atoms with Crippen molar-refractivity contribution in [2.75, 3.05) is 13.6 Å². The summed E-state index contributed by atoms with van der Waals surface area (Å²) in [6, 6.07) is 3.53. The van der Waals surface area contributed by atoms with Gasteiger partial charge in [0.2, 0.25) is 0 Å². The molecule has 0 bridgehead atoms. The van der Waals surface area contributed by atoms with Crippen LogP contribution in [0.3, 0.4) is 0 Å². The van der Waals surface area contributed by atoms with Gasteiger partial charge in [0.1, 0.15) is 23.8 Å². The molecule has 20 heavy (non-hydrogen) atoms. The van der Waals surface area contributed by atoms with Crippen LogP contribution in [0.4, 0.5) is 8.78 Å². The molecular formula is C13H16F2N4O. The fraction of sp³-hybridized carbons (Fsp3) is 0.385. The zero-order chi connectivity index (χ0) is 14.7. The Bertz CT molecular complexity index is 567. The van der Waals surface area contributed by atoms with Gasteiger partial charge in [-0.15, -0.1) is 0 Å². The number of benzene rings is 1. The Morgan fingerprint density at radius 3 is 2.55 bits per heavy atom. The van der Waals surface area contributed by atoms with Crippen LogP contribution < -0.4 is 0 Å². The molecule has 0 amide bonds. The van der Waals surface area contributed by atoms with Gasteiger partial charge < -0.3 is 5.11 Å². The van der Waals surface area contributed by atoms with Gasteiger partial charge in [-0.3, -0.25) is 9.58 Å². The lowest BCUT2D eigenvalue weighted by atomic mass is 10.1. The summed E-state index contributed by atoms with van der Waals surface area (Å²) in [6.45, 7) is 0.508. The van der Waals surface area contributed by atoms with Crippen LogP contribution in [0.5, 0.6) is 0 Å². The van der Waals surface area contributed by atoms with Crippen LogP contribution in [-0.2, 0) is 13.6 Å². The van der Waals surface area contributed by atoms with Crippen molar-refractivity contribution >= 4 is 0 Å². The Morgan fingerprint density at radius 2 is 2.00 bits per heavy atom. The van der Waals surface area contributed by atoms with Crippen molar-refractivity contribution in [2.45, 2.75) is 12.6 Å². The topological polar surface area (TPSA) is 54.2 Å². The van der Waals surface area contributed by atoms with Gasteiger partial charge in [0.05, 0.1) is 18.2 Å². The average molecular weight is 282 g/mol. The summed E-state index contributed by atoms with van der Waals surface area (Å²) in [4.78, 5) is 5.77. The van der Waals surface area contributed by atoms with E-state index >= 15 is 0 Å². The molecule has 0 fully saturated rings. The lowest BCUT2D eigenvalue weighted by Crippen LogP contribution is -2.26. The van der Waals surface area contributed by atoms with Crippen LogP contribution in [0.1, 0.15) is 17.5 Å². The van der Waals surface area contributed by atoms with E-state index in [1.807, 2.05) is 0 Å². The Kier molecular flexibility index (Phi) is 4.41. The first-order chi connectivity index (χ1) is 9.49. The van der Waals surface area contributed by atoms with E-state index in [4.69, 9.17) is 0 Å². The summed E-state index contributed by atoms with van der Waals surface area (Å²) in [5.41, 5.74) is -0.308. The molecule has 1 aromatic heterocycles. The van der Waals surface area contributed by atoms with Crippen LogP contribution in [0, 0.1) is 11.6 Å². The van der Waals surface area contributed by atoms with E-state index in [9.17, 15) is 13.9 Å². The first-order valence-electron chi connectivity index (χ1n) is 6.12. The second kappa shape index (κ2) is 6.06. The zero-order valence-electron chi connectivity index (χ0n) is 11.3. The highest BCUT2D eigenvalue weighted by atomic mass is 19.1. The molecule has 1 unspecified atom stereocenters. The van der Waals surface area contributed by atoms with Crippen LogP contribution >= 0.6 is 0 Å². The van der Waals surface area contributed by atoms with Gasteiger partial charge >= 0.3 is 0 Å². The molecule has 1 heterocycles. The smallest absolute Gasteiger partial charge is 0.140 e. The van der Waals surface area contributed by atoms with Crippen molar-refractivity contribution in [3.8, 4) is 0 Å². The Morgan fingerprint density at radius 1 is 1.35 bits per heavy atom. The molecule has 1 aromatic carbocycles. The van der Waals surface area contributed by atoms with Gasteiger partial charge in [-0.1, -0.05) is 6.07 Å². The molecule has 108 valence electrons. The molecule has 0 spiro atoms. The maximum atomic E-state index is 13.5. The van der Waals surface area contributed by atoms with Crippen molar-refractivity contribution < 1.29 is 13.9 Å². The lowest BCUT2D eigenvalue weighted by Gasteiger charge is -2.20. The molecule has 1 atom stereocenters. The fourth-order valence-corrected chi connectivity index (χ4v) is 1.98. The average Bonchev–Trinajstić information content (AvgIpc) is 2.74. The fourth-order valence-electron chi connectivity index (χ4n) is 1.98. The normalized spacial score (nSPS) is 12.9. The molecule has 0 aliphatic rings. The Labute approximate surface area is 115 Å². The van der Waals surface area contributed by atoms with Crippen molar-refractivity contribution in [3.05, 3.63) is 47.5 Å². The summed E-state index contributed by atoms with van der Waals surface area (Å²) < 4.78 is 28.7. The number of nitrogens with zero attached hydrogens (tertiary/aromatic N) is 4. The first-order valence-corrected chi connectivity index (χ1v) is 6.12. The number of hydrogen-bond donors (Lipinski definition) is 1. The molecular weight excluding hydrogens is 266 g/mol. The third-order valence-electron chi connectivity index (χ3n) is 3.03. The summed E-state index contributed by atoms with van der Waals surface area (Å²) in [6.07, 6.45) is 0.185. The molecule has 0 radical (unpaired) electrons. The molecule has 2 rings (SSSR count). The van der Waals surface area contributed by atoms with Crippen LogP contribution in [0.25, 0.3) is 0 Å². The number of aryl methyl sites for hydroxylation is 1. The van der Waals surface area contributed by atoms with E-state index in [1.54, 1.807) is 23.7 Å². The standard InChI is InChI=1S/C13H16F2N4O/c1-18(7-12-16-8-17-19(12)2)6-11(20)13-9(14)4-3-5-10(13)15/h3-5,8,11,20H,6-7H2,1-2H3. The highest BCUT2D eigenvalue weighted by Gasteiger charge is 2.19. The minimum Gasteiger partial charge on any atom is -0.387 e. The number of rotatable bonds is 5. The summed E-state index contributed by atoms with van der Waals surface area (Å²) in [5.74, 6) is -0.789. The van der Waals surface area contributed by atoms with E-state index in [0.717, 1.165) is 12.1 Å². The second-order valence-electron chi connectivity index (χ2n) is 4.65.